The summed E-state index contributed by atoms with van der Waals surface area (Å²) in [5, 5.41) is 0. The normalized spacial score (nSPS) is 52.8. The molecule has 0 amide bonds. The molecule has 0 radical (unpaired) electrons. The van der Waals surface area contributed by atoms with Crippen LogP contribution in [0.3, 0.4) is 0 Å². The molecule has 0 aromatic heterocycles. The third-order valence-electron chi connectivity index (χ3n) is 10.5. The van der Waals surface area contributed by atoms with E-state index in [1.54, 1.807) is 51.4 Å². The Bertz CT molecular complexity index is 514. The van der Waals surface area contributed by atoms with Gasteiger partial charge >= 0.3 is 0 Å². The molecule has 5 saturated carbocycles. The quantitative estimate of drug-likeness (QED) is 0.462. The maximum Gasteiger partial charge on any atom is 0.0462 e. The highest BCUT2D eigenvalue weighted by Gasteiger charge is 2.68. The minimum absolute atomic E-state index is 0. The van der Waals surface area contributed by atoms with Crippen LogP contribution in [0, 0.1) is 58.7 Å². The van der Waals surface area contributed by atoms with Gasteiger partial charge in [0.2, 0.25) is 0 Å². The molecule has 0 spiro atoms. The van der Waals surface area contributed by atoms with Gasteiger partial charge in [-0.15, -0.1) is 0 Å². The smallest absolute Gasteiger partial charge is 0.0462 e. The van der Waals surface area contributed by atoms with Crippen molar-refractivity contribution in [2.75, 3.05) is 13.7 Å². The van der Waals surface area contributed by atoms with Crippen LogP contribution in [0.2, 0.25) is 0 Å². The van der Waals surface area contributed by atoms with Crippen molar-refractivity contribution in [3.63, 3.8) is 0 Å². The molecule has 0 aliphatic heterocycles. The van der Waals surface area contributed by atoms with Gasteiger partial charge in [-0.25, -0.2) is 0 Å². The van der Waals surface area contributed by atoms with Crippen molar-refractivity contribution in [1.82, 2.24) is 0 Å². The molecule has 1 nitrogen and oxygen atoms in total. The fraction of sp³-hybridized carbons (Fsp3) is 1.00. The first kappa shape index (κ1) is 20.2. The lowest BCUT2D eigenvalue weighted by Gasteiger charge is -2.57. The number of ether oxygens (including phenoxy) is 1. The minimum Gasteiger partial charge on any atom is -0.385 e. The number of hydrogen-bond donors (Lipinski definition) is 0. The SMILES string of the molecule is C.CC[C@H]1CC[C@H]2C(CCC3C2CCC2(C)C(CCCOC)[C@H]4C[C@H]4C32)C1. The predicted molar refractivity (Wildman–Crippen MR) is 115 cm³/mol. The molecule has 5 aliphatic rings. The van der Waals surface area contributed by atoms with E-state index in [1.807, 2.05) is 7.11 Å². The molecule has 156 valence electrons. The molecular weight excluding hydrogens is 328 g/mol. The van der Waals surface area contributed by atoms with Crippen LogP contribution < -0.4 is 0 Å². The third kappa shape index (κ3) is 3.13. The maximum absolute atomic E-state index is 5.38. The van der Waals surface area contributed by atoms with Gasteiger partial charge in [-0.1, -0.05) is 34.1 Å². The fourth-order valence-corrected chi connectivity index (χ4v) is 9.43. The van der Waals surface area contributed by atoms with Crippen molar-refractivity contribution in [2.45, 2.75) is 91.9 Å². The van der Waals surface area contributed by atoms with Gasteiger partial charge in [-0.05, 0) is 116 Å². The highest BCUT2D eigenvalue weighted by Crippen LogP contribution is 2.75. The molecule has 0 bridgehead atoms. The van der Waals surface area contributed by atoms with Gasteiger partial charge in [-0.3, -0.25) is 0 Å². The molecular formula is C26H46O. The van der Waals surface area contributed by atoms with E-state index in [4.69, 9.17) is 4.74 Å². The van der Waals surface area contributed by atoms with Crippen LogP contribution in [0.25, 0.3) is 0 Å². The van der Waals surface area contributed by atoms with Crippen LogP contribution in [0.4, 0.5) is 0 Å². The second-order valence-corrected chi connectivity index (χ2v) is 11.3. The molecule has 10 atom stereocenters. The maximum atomic E-state index is 5.38. The highest BCUT2D eigenvalue weighted by atomic mass is 16.5. The molecule has 27 heavy (non-hydrogen) atoms. The van der Waals surface area contributed by atoms with Crippen molar-refractivity contribution in [1.29, 1.82) is 0 Å². The van der Waals surface area contributed by atoms with Crippen LogP contribution in [0.5, 0.6) is 0 Å². The number of methoxy groups -OCH3 is 1. The summed E-state index contributed by atoms with van der Waals surface area (Å²) in [6, 6.07) is 0. The monoisotopic (exact) mass is 374 g/mol. The van der Waals surface area contributed by atoms with Gasteiger partial charge in [-0.2, -0.15) is 0 Å². The number of fused-ring (bicyclic) bond motifs is 7. The molecule has 5 aliphatic carbocycles. The molecule has 6 unspecified atom stereocenters. The first-order chi connectivity index (χ1) is 12.7. The van der Waals surface area contributed by atoms with E-state index in [0.717, 1.165) is 59.9 Å². The Labute approximate surface area is 169 Å². The first-order valence-electron chi connectivity index (χ1n) is 12.2. The van der Waals surface area contributed by atoms with Crippen LogP contribution in [0.15, 0.2) is 0 Å². The molecule has 5 fully saturated rings. The molecule has 5 rings (SSSR count). The lowest BCUT2D eigenvalue weighted by Crippen LogP contribution is -2.50. The van der Waals surface area contributed by atoms with Crippen LogP contribution in [-0.4, -0.2) is 13.7 Å². The topological polar surface area (TPSA) is 9.23 Å². The van der Waals surface area contributed by atoms with Gasteiger partial charge in [0.15, 0.2) is 0 Å². The summed E-state index contributed by atoms with van der Waals surface area (Å²) in [7, 11) is 1.87. The summed E-state index contributed by atoms with van der Waals surface area (Å²) in [6.45, 7) is 6.14. The summed E-state index contributed by atoms with van der Waals surface area (Å²) in [4.78, 5) is 0. The molecule has 0 N–H and O–H groups in total. The average molecular weight is 375 g/mol. The Morgan fingerprint density at radius 1 is 0.889 bits per heavy atom. The minimum atomic E-state index is 0. The second-order valence-electron chi connectivity index (χ2n) is 11.3. The Balaban J connectivity index is 0.00000180. The fourth-order valence-electron chi connectivity index (χ4n) is 9.43. The second kappa shape index (κ2) is 7.66. The number of hydrogen-bond acceptors (Lipinski definition) is 1. The molecule has 0 saturated heterocycles. The van der Waals surface area contributed by atoms with E-state index in [1.165, 1.54) is 19.3 Å². The van der Waals surface area contributed by atoms with Gasteiger partial charge in [0.25, 0.3) is 0 Å². The Morgan fingerprint density at radius 2 is 1.70 bits per heavy atom. The van der Waals surface area contributed by atoms with Crippen molar-refractivity contribution < 1.29 is 4.74 Å². The predicted octanol–water partition coefficient (Wildman–Crippen LogP) is 7.20. The van der Waals surface area contributed by atoms with Crippen LogP contribution >= 0.6 is 0 Å². The van der Waals surface area contributed by atoms with Crippen molar-refractivity contribution in [3.05, 3.63) is 0 Å². The summed E-state index contributed by atoms with van der Waals surface area (Å²) in [5.41, 5.74) is 0.690. The molecule has 0 aromatic carbocycles. The van der Waals surface area contributed by atoms with Crippen molar-refractivity contribution >= 4 is 0 Å². The Morgan fingerprint density at radius 3 is 2.48 bits per heavy atom. The van der Waals surface area contributed by atoms with E-state index in [0.29, 0.717) is 5.41 Å². The van der Waals surface area contributed by atoms with Crippen LogP contribution in [-0.2, 0) is 4.74 Å². The Kier molecular flexibility index (Phi) is 5.74. The van der Waals surface area contributed by atoms with E-state index in [9.17, 15) is 0 Å². The van der Waals surface area contributed by atoms with Crippen molar-refractivity contribution in [2.24, 2.45) is 58.7 Å². The zero-order valence-electron chi connectivity index (χ0n) is 17.6. The summed E-state index contributed by atoms with van der Waals surface area (Å²) < 4.78 is 5.38. The summed E-state index contributed by atoms with van der Waals surface area (Å²) in [6.07, 6.45) is 16.8. The van der Waals surface area contributed by atoms with E-state index in [2.05, 4.69) is 13.8 Å². The van der Waals surface area contributed by atoms with E-state index >= 15 is 0 Å². The zero-order valence-corrected chi connectivity index (χ0v) is 17.6. The van der Waals surface area contributed by atoms with Crippen molar-refractivity contribution in [3.8, 4) is 0 Å². The van der Waals surface area contributed by atoms with E-state index < -0.39 is 0 Å². The highest BCUT2D eigenvalue weighted by molar-refractivity contribution is 5.17. The molecule has 1 heteroatoms. The average Bonchev–Trinajstić information content (AvgIpc) is 3.38. The zero-order chi connectivity index (χ0) is 17.9. The van der Waals surface area contributed by atoms with Gasteiger partial charge in [0, 0.05) is 13.7 Å². The molecule has 0 aromatic rings. The van der Waals surface area contributed by atoms with E-state index in [-0.39, 0.29) is 7.43 Å². The Hall–Kier alpha value is -0.0400. The third-order valence-corrected chi connectivity index (χ3v) is 10.5. The van der Waals surface area contributed by atoms with Gasteiger partial charge in [0.05, 0.1) is 0 Å². The van der Waals surface area contributed by atoms with Crippen LogP contribution in [0.1, 0.15) is 91.9 Å². The summed E-state index contributed by atoms with van der Waals surface area (Å²) in [5.74, 6) is 9.87. The molecule has 0 heterocycles. The standard InChI is InChI=1S/C25H42O.CH4/c1-4-16-7-9-18-17(14-16)8-10-20-19(18)11-12-25(2)23(6-5-13-26-3)21-15-22(21)24(20)25;/h16-24H,4-15H2,1-3H3;1H4/t16-,17?,18-,19?,20?,21-,22+,23?,24?,25?;/m0./s1. The first-order valence-corrected chi connectivity index (χ1v) is 12.2. The number of rotatable bonds is 5. The largest absolute Gasteiger partial charge is 0.385 e. The van der Waals surface area contributed by atoms with Gasteiger partial charge < -0.3 is 4.74 Å². The lowest BCUT2D eigenvalue weighted by molar-refractivity contribution is -0.0820. The summed E-state index contributed by atoms with van der Waals surface area (Å²) >= 11 is 0. The lowest BCUT2D eigenvalue weighted by atomic mass is 9.48. The van der Waals surface area contributed by atoms with Gasteiger partial charge in [0.1, 0.15) is 0 Å².